The number of hydrogen-bond acceptors (Lipinski definition) is 0. The highest BCUT2D eigenvalue weighted by Crippen LogP contribution is 2.15. The number of unbranched alkanes of at least 4 members (excludes halogenated alkanes) is 22. The van der Waals surface area contributed by atoms with Crippen LogP contribution in [0.5, 0.6) is 0 Å². The minimum atomic E-state index is -0.127. The zero-order valence-electron chi connectivity index (χ0n) is 18.1. The summed E-state index contributed by atoms with van der Waals surface area (Å²) in [6.45, 7) is 3.77. The fraction of sp³-hybridized carbons (Fsp3) is 0.960. The molecule has 0 bridgehead atoms. The molecule has 0 aliphatic heterocycles. The molecule has 0 atom stereocenters. The maximum absolute atomic E-state index is 11.9. The van der Waals surface area contributed by atoms with Crippen LogP contribution in [0.15, 0.2) is 0 Å². The minimum Gasteiger partial charge on any atom is -0.251 e. The fourth-order valence-corrected chi connectivity index (χ4v) is 3.81. The SMILES string of the molecule is [CH2]CCCCCCCCCCCCCCCCCCCCCCCCF. The molecule has 0 spiro atoms. The zero-order chi connectivity index (χ0) is 19.0. The van der Waals surface area contributed by atoms with Crippen LogP contribution in [-0.2, 0) is 0 Å². The van der Waals surface area contributed by atoms with Crippen LogP contribution in [0.3, 0.4) is 0 Å². The van der Waals surface area contributed by atoms with Crippen molar-refractivity contribution >= 4 is 0 Å². The minimum absolute atomic E-state index is 0.127. The summed E-state index contributed by atoms with van der Waals surface area (Å²) in [7, 11) is 0. The van der Waals surface area contributed by atoms with Gasteiger partial charge in [-0.15, -0.1) is 0 Å². The van der Waals surface area contributed by atoms with E-state index in [2.05, 4.69) is 6.92 Å². The second-order valence-electron chi connectivity index (χ2n) is 8.32. The van der Waals surface area contributed by atoms with Crippen molar-refractivity contribution in [2.75, 3.05) is 6.67 Å². The zero-order valence-corrected chi connectivity index (χ0v) is 18.1. The molecule has 0 nitrogen and oxygen atoms in total. The Morgan fingerprint density at radius 1 is 0.308 bits per heavy atom. The molecular weight excluding hydrogens is 319 g/mol. The molecule has 0 rings (SSSR count). The molecule has 0 heterocycles. The first-order valence-electron chi connectivity index (χ1n) is 12.3. The predicted octanol–water partition coefficient (Wildman–Crippen LogP) is 9.76. The van der Waals surface area contributed by atoms with Crippen molar-refractivity contribution in [3.05, 3.63) is 6.92 Å². The van der Waals surface area contributed by atoms with E-state index in [9.17, 15) is 4.39 Å². The van der Waals surface area contributed by atoms with Crippen LogP contribution in [0, 0.1) is 6.92 Å². The maximum atomic E-state index is 11.9. The molecule has 1 radical (unpaired) electrons. The van der Waals surface area contributed by atoms with E-state index in [1.807, 2.05) is 0 Å². The lowest BCUT2D eigenvalue weighted by atomic mass is 10.0. The Morgan fingerprint density at radius 3 is 0.692 bits per heavy atom. The van der Waals surface area contributed by atoms with E-state index < -0.39 is 0 Å². The molecule has 26 heavy (non-hydrogen) atoms. The van der Waals surface area contributed by atoms with E-state index in [0.717, 1.165) is 19.3 Å². The summed E-state index contributed by atoms with van der Waals surface area (Å²) in [5.41, 5.74) is 0. The van der Waals surface area contributed by atoms with Gasteiger partial charge in [-0.3, -0.25) is 4.39 Å². The van der Waals surface area contributed by atoms with Gasteiger partial charge in [0.15, 0.2) is 0 Å². The van der Waals surface area contributed by atoms with Gasteiger partial charge in [0.1, 0.15) is 0 Å². The molecule has 0 aliphatic carbocycles. The van der Waals surface area contributed by atoms with Crippen LogP contribution in [0.1, 0.15) is 148 Å². The predicted molar refractivity (Wildman–Crippen MR) is 118 cm³/mol. The number of hydrogen-bond donors (Lipinski definition) is 0. The van der Waals surface area contributed by atoms with E-state index >= 15 is 0 Å². The molecule has 0 unspecified atom stereocenters. The van der Waals surface area contributed by atoms with Crippen molar-refractivity contribution in [3.63, 3.8) is 0 Å². The van der Waals surface area contributed by atoms with Gasteiger partial charge in [-0.05, 0) is 6.42 Å². The third kappa shape index (κ3) is 23.9. The van der Waals surface area contributed by atoms with Crippen molar-refractivity contribution in [2.24, 2.45) is 0 Å². The first-order valence-corrected chi connectivity index (χ1v) is 12.3. The third-order valence-corrected chi connectivity index (χ3v) is 5.63. The summed E-state index contributed by atoms with van der Waals surface area (Å²) in [5, 5.41) is 0. The molecule has 1 heteroatoms. The van der Waals surface area contributed by atoms with E-state index in [-0.39, 0.29) is 6.67 Å². The monoisotopic (exact) mass is 369 g/mol. The summed E-state index contributed by atoms with van der Waals surface area (Å²) >= 11 is 0. The summed E-state index contributed by atoms with van der Waals surface area (Å²) in [6.07, 6.45) is 31.3. The lowest BCUT2D eigenvalue weighted by Gasteiger charge is -2.04. The third-order valence-electron chi connectivity index (χ3n) is 5.63. The van der Waals surface area contributed by atoms with Gasteiger partial charge < -0.3 is 0 Å². The summed E-state index contributed by atoms with van der Waals surface area (Å²) < 4.78 is 11.9. The van der Waals surface area contributed by atoms with E-state index in [1.54, 1.807) is 0 Å². The average Bonchev–Trinajstić information content (AvgIpc) is 2.66. The van der Waals surface area contributed by atoms with Crippen LogP contribution < -0.4 is 0 Å². The smallest absolute Gasteiger partial charge is 0.0894 e. The van der Waals surface area contributed by atoms with Crippen LogP contribution in [0.2, 0.25) is 0 Å². The molecule has 0 saturated carbocycles. The second-order valence-corrected chi connectivity index (χ2v) is 8.32. The Hall–Kier alpha value is -0.0700. The van der Waals surface area contributed by atoms with E-state index in [0.29, 0.717) is 0 Å². The standard InChI is InChI=1S/C25H50F/c1-2-3-4-5-6-7-8-9-10-11-12-13-14-15-16-17-18-19-20-21-22-23-24-25-26/h1-25H2. The molecule has 0 amide bonds. The summed E-state index contributed by atoms with van der Waals surface area (Å²) in [5.74, 6) is 0. The van der Waals surface area contributed by atoms with Crippen LogP contribution in [0.4, 0.5) is 4.39 Å². The first kappa shape index (κ1) is 25.9. The van der Waals surface area contributed by atoms with Gasteiger partial charge in [0.25, 0.3) is 0 Å². The lowest BCUT2D eigenvalue weighted by Crippen LogP contribution is -1.84. The lowest BCUT2D eigenvalue weighted by molar-refractivity contribution is 0.448. The molecule has 0 saturated heterocycles. The van der Waals surface area contributed by atoms with E-state index in [1.165, 1.54) is 128 Å². The van der Waals surface area contributed by atoms with Gasteiger partial charge in [-0.1, -0.05) is 148 Å². The van der Waals surface area contributed by atoms with E-state index in [4.69, 9.17) is 0 Å². The molecule has 0 fully saturated rings. The second kappa shape index (κ2) is 24.9. The van der Waals surface area contributed by atoms with Crippen molar-refractivity contribution in [2.45, 2.75) is 148 Å². The number of alkyl halides is 1. The molecule has 0 N–H and O–H groups in total. The van der Waals surface area contributed by atoms with Crippen LogP contribution in [-0.4, -0.2) is 6.67 Å². The van der Waals surface area contributed by atoms with Gasteiger partial charge in [0, 0.05) is 0 Å². The Bertz CT molecular complexity index is 202. The normalized spacial score (nSPS) is 11.3. The Labute approximate surface area is 166 Å². The Morgan fingerprint density at radius 2 is 0.500 bits per heavy atom. The van der Waals surface area contributed by atoms with Gasteiger partial charge in [0.2, 0.25) is 0 Å². The van der Waals surface area contributed by atoms with Crippen molar-refractivity contribution < 1.29 is 4.39 Å². The summed E-state index contributed by atoms with van der Waals surface area (Å²) in [6, 6.07) is 0. The van der Waals surface area contributed by atoms with Crippen LogP contribution in [0.25, 0.3) is 0 Å². The molecule has 0 aromatic carbocycles. The quantitative estimate of drug-likeness (QED) is 0.157. The number of rotatable bonds is 23. The first-order chi connectivity index (χ1) is 12.9. The summed E-state index contributed by atoms with van der Waals surface area (Å²) in [4.78, 5) is 0. The highest BCUT2D eigenvalue weighted by atomic mass is 19.1. The van der Waals surface area contributed by atoms with Gasteiger partial charge in [-0.25, -0.2) is 0 Å². The van der Waals surface area contributed by atoms with Crippen molar-refractivity contribution in [1.29, 1.82) is 0 Å². The Kier molecular flexibility index (Phi) is 24.9. The topological polar surface area (TPSA) is 0 Å². The Balaban J connectivity index is 2.95. The van der Waals surface area contributed by atoms with Gasteiger partial charge in [-0.2, -0.15) is 0 Å². The van der Waals surface area contributed by atoms with Gasteiger partial charge in [0.05, 0.1) is 6.67 Å². The molecular formula is C25H50F. The largest absolute Gasteiger partial charge is 0.251 e. The van der Waals surface area contributed by atoms with Crippen LogP contribution >= 0.6 is 0 Å². The van der Waals surface area contributed by atoms with Crippen molar-refractivity contribution in [3.8, 4) is 0 Å². The highest BCUT2D eigenvalue weighted by molar-refractivity contribution is 4.51. The molecule has 0 aromatic heterocycles. The molecule has 0 aliphatic rings. The molecule has 157 valence electrons. The fourth-order valence-electron chi connectivity index (χ4n) is 3.81. The molecule has 0 aromatic rings. The van der Waals surface area contributed by atoms with Crippen molar-refractivity contribution in [1.82, 2.24) is 0 Å². The number of halogens is 1. The average molecular weight is 370 g/mol. The van der Waals surface area contributed by atoms with Gasteiger partial charge >= 0.3 is 0 Å². The maximum Gasteiger partial charge on any atom is 0.0894 e. The highest BCUT2D eigenvalue weighted by Gasteiger charge is 1.95.